The average Bonchev–Trinajstić information content (AvgIpc) is 2.39. The van der Waals surface area contributed by atoms with E-state index in [4.69, 9.17) is 10.5 Å². The summed E-state index contributed by atoms with van der Waals surface area (Å²) in [4.78, 5) is 1.97. The number of likely N-dealkylation sites (N-methyl/N-ethyl adjacent to an activating group) is 1. The molecule has 2 rings (SSSR count). The maximum atomic E-state index is 5.74. The number of hydrogen-bond donors (Lipinski definition) is 1. The molecule has 1 aliphatic heterocycles. The van der Waals surface area contributed by atoms with Gasteiger partial charge in [0.2, 0.25) is 0 Å². The van der Waals surface area contributed by atoms with Crippen LogP contribution in [0, 0.1) is 0 Å². The van der Waals surface area contributed by atoms with Crippen LogP contribution in [-0.4, -0.2) is 25.2 Å². The van der Waals surface area contributed by atoms with E-state index in [0.717, 1.165) is 5.69 Å². The first-order chi connectivity index (χ1) is 8.70. The summed E-state index contributed by atoms with van der Waals surface area (Å²) < 4.78 is 5.14. The molecule has 1 aliphatic rings. The van der Waals surface area contributed by atoms with Crippen LogP contribution in [0.5, 0.6) is 5.75 Å². The fraction of sp³-hybridized carbons (Fsp3) is 0.231. The summed E-state index contributed by atoms with van der Waals surface area (Å²) in [5, 5.41) is 8.45. The Labute approximate surface area is 106 Å². The van der Waals surface area contributed by atoms with E-state index in [1.54, 1.807) is 19.2 Å². The number of allylic oxidation sites excluding steroid dienone is 2. The minimum Gasteiger partial charge on any atom is -0.495 e. The Morgan fingerprint density at radius 2 is 2.17 bits per heavy atom. The number of anilines is 1. The Hall–Kier alpha value is -2.30. The van der Waals surface area contributed by atoms with Gasteiger partial charge >= 0.3 is 0 Å². The predicted molar refractivity (Wildman–Crippen MR) is 71.8 cm³/mol. The van der Waals surface area contributed by atoms with Crippen molar-refractivity contribution in [3.8, 4) is 5.75 Å². The molecule has 18 heavy (non-hydrogen) atoms. The largest absolute Gasteiger partial charge is 0.495 e. The van der Waals surface area contributed by atoms with Crippen molar-refractivity contribution in [2.75, 3.05) is 19.9 Å². The van der Waals surface area contributed by atoms with E-state index in [-0.39, 0.29) is 6.17 Å². The molecule has 5 nitrogen and oxygen atoms in total. The standard InChI is InChI=1S/C13H16N4O/c1-17-8-4-3-5-13(17)16-15-10-6-7-11(14)12(9-10)18-2/h3-9,13H,14H2,1-2H3/b16-15+. The maximum absolute atomic E-state index is 5.74. The fourth-order valence-electron chi connectivity index (χ4n) is 1.58. The van der Waals surface area contributed by atoms with Crippen LogP contribution < -0.4 is 10.5 Å². The van der Waals surface area contributed by atoms with Crippen LogP contribution in [0.4, 0.5) is 11.4 Å². The molecule has 1 heterocycles. The molecule has 0 saturated heterocycles. The molecule has 1 atom stereocenters. The summed E-state index contributed by atoms with van der Waals surface area (Å²) >= 11 is 0. The molecule has 0 amide bonds. The van der Waals surface area contributed by atoms with Gasteiger partial charge in [0.15, 0.2) is 6.17 Å². The Morgan fingerprint density at radius 1 is 1.33 bits per heavy atom. The van der Waals surface area contributed by atoms with Gasteiger partial charge in [0, 0.05) is 19.3 Å². The van der Waals surface area contributed by atoms with E-state index < -0.39 is 0 Å². The summed E-state index contributed by atoms with van der Waals surface area (Å²) in [5.41, 5.74) is 7.05. The Kier molecular flexibility index (Phi) is 3.62. The first kappa shape index (κ1) is 12.2. The second-order valence-electron chi connectivity index (χ2n) is 3.95. The molecule has 94 valence electrons. The van der Waals surface area contributed by atoms with Crippen molar-refractivity contribution in [3.63, 3.8) is 0 Å². The monoisotopic (exact) mass is 244 g/mol. The van der Waals surface area contributed by atoms with E-state index in [0.29, 0.717) is 11.4 Å². The van der Waals surface area contributed by atoms with Gasteiger partial charge in [-0.05, 0) is 24.3 Å². The zero-order chi connectivity index (χ0) is 13.0. The number of hydrogen-bond acceptors (Lipinski definition) is 5. The lowest BCUT2D eigenvalue weighted by Gasteiger charge is -2.20. The second kappa shape index (κ2) is 5.35. The van der Waals surface area contributed by atoms with Crippen molar-refractivity contribution >= 4 is 11.4 Å². The zero-order valence-corrected chi connectivity index (χ0v) is 10.4. The minimum absolute atomic E-state index is 0.0708. The summed E-state index contributed by atoms with van der Waals surface area (Å²) in [5.74, 6) is 0.610. The molecule has 1 aromatic carbocycles. The van der Waals surface area contributed by atoms with Crippen LogP contribution in [0.25, 0.3) is 0 Å². The predicted octanol–water partition coefficient (Wildman–Crippen LogP) is 2.70. The highest BCUT2D eigenvalue weighted by molar-refractivity contribution is 5.59. The van der Waals surface area contributed by atoms with E-state index in [2.05, 4.69) is 10.2 Å². The van der Waals surface area contributed by atoms with Crippen LogP contribution in [0.15, 0.2) is 52.9 Å². The van der Waals surface area contributed by atoms with Crippen molar-refractivity contribution in [3.05, 3.63) is 42.6 Å². The Balaban J connectivity index is 2.14. The molecule has 1 unspecified atom stereocenters. The third-order valence-electron chi connectivity index (χ3n) is 2.64. The first-order valence-corrected chi connectivity index (χ1v) is 5.62. The lowest BCUT2D eigenvalue weighted by atomic mass is 10.2. The topological polar surface area (TPSA) is 63.2 Å². The second-order valence-corrected chi connectivity index (χ2v) is 3.95. The highest BCUT2D eigenvalue weighted by atomic mass is 16.5. The van der Waals surface area contributed by atoms with Gasteiger partial charge in [-0.25, -0.2) is 0 Å². The quantitative estimate of drug-likeness (QED) is 0.656. The molecule has 0 fully saturated rings. The van der Waals surface area contributed by atoms with E-state index in [9.17, 15) is 0 Å². The van der Waals surface area contributed by atoms with E-state index >= 15 is 0 Å². The van der Waals surface area contributed by atoms with Crippen LogP contribution in [0.3, 0.4) is 0 Å². The minimum atomic E-state index is -0.0708. The lowest BCUT2D eigenvalue weighted by molar-refractivity contribution is 0.380. The molecule has 2 N–H and O–H groups in total. The molecule has 1 aromatic rings. The summed E-state index contributed by atoms with van der Waals surface area (Å²) in [7, 11) is 3.53. The molecule has 0 spiro atoms. The SMILES string of the molecule is COc1cc(/N=N/C2C=CC=CN2C)ccc1N. The number of benzene rings is 1. The molecule has 0 aromatic heterocycles. The molecule has 0 bridgehead atoms. The average molecular weight is 244 g/mol. The highest BCUT2D eigenvalue weighted by Crippen LogP contribution is 2.27. The van der Waals surface area contributed by atoms with Crippen LogP contribution in [-0.2, 0) is 0 Å². The molecule has 5 heteroatoms. The fourth-order valence-corrected chi connectivity index (χ4v) is 1.58. The van der Waals surface area contributed by atoms with Crippen molar-refractivity contribution in [1.82, 2.24) is 4.90 Å². The zero-order valence-electron chi connectivity index (χ0n) is 10.4. The third kappa shape index (κ3) is 2.68. The number of nitrogens with zero attached hydrogens (tertiary/aromatic N) is 3. The molecular formula is C13H16N4O. The smallest absolute Gasteiger partial charge is 0.161 e. The molecule has 0 saturated carbocycles. The van der Waals surface area contributed by atoms with Crippen LogP contribution >= 0.6 is 0 Å². The van der Waals surface area contributed by atoms with E-state index in [1.807, 2.05) is 42.4 Å². The van der Waals surface area contributed by atoms with Gasteiger partial charge in [-0.3, -0.25) is 0 Å². The lowest BCUT2D eigenvalue weighted by Crippen LogP contribution is -2.23. The van der Waals surface area contributed by atoms with Crippen molar-refractivity contribution in [2.45, 2.75) is 6.17 Å². The number of methoxy groups -OCH3 is 1. The summed E-state index contributed by atoms with van der Waals surface area (Å²) in [6.07, 6.45) is 7.76. The van der Waals surface area contributed by atoms with Gasteiger partial charge in [0.1, 0.15) is 5.75 Å². The number of ether oxygens (including phenoxy) is 1. The van der Waals surface area contributed by atoms with Gasteiger partial charge in [-0.2, -0.15) is 10.2 Å². The molecular weight excluding hydrogens is 228 g/mol. The van der Waals surface area contributed by atoms with E-state index in [1.165, 1.54) is 0 Å². The van der Waals surface area contributed by atoms with Crippen LogP contribution in [0.2, 0.25) is 0 Å². The van der Waals surface area contributed by atoms with Crippen molar-refractivity contribution in [2.24, 2.45) is 10.2 Å². The van der Waals surface area contributed by atoms with Gasteiger partial charge in [-0.1, -0.05) is 6.08 Å². The number of nitrogens with two attached hydrogens (primary N) is 1. The van der Waals surface area contributed by atoms with Crippen LogP contribution in [0.1, 0.15) is 0 Å². The normalized spacial score (nSPS) is 18.6. The van der Waals surface area contributed by atoms with Gasteiger partial charge in [0.05, 0.1) is 18.5 Å². The molecule has 0 radical (unpaired) electrons. The third-order valence-corrected chi connectivity index (χ3v) is 2.64. The summed E-state index contributed by atoms with van der Waals surface area (Å²) in [6.45, 7) is 0. The van der Waals surface area contributed by atoms with Gasteiger partial charge in [0.25, 0.3) is 0 Å². The van der Waals surface area contributed by atoms with Gasteiger partial charge < -0.3 is 15.4 Å². The first-order valence-electron chi connectivity index (χ1n) is 5.62. The number of azo groups is 1. The maximum Gasteiger partial charge on any atom is 0.161 e. The Morgan fingerprint density at radius 3 is 2.89 bits per heavy atom. The van der Waals surface area contributed by atoms with Crippen molar-refractivity contribution in [1.29, 1.82) is 0 Å². The van der Waals surface area contributed by atoms with Gasteiger partial charge in [-0.15, -0.1) is 0 Å². The number of nitrogen functional groups attached to an aromatic ring is 1. The highest BCUT2D eigenvalue weighted by Gasteiger charge is 2.08. The molecule has 0 aliphatic carbocycles. The number of rotatable bonds is 3. The Bertz CT molecular complexity index is 508. The summed E-state index contributed by atoms with van der Waals surface area (Å²) in [6, 6.07) is 5.33. The van der Waals surface area contributed by atoms with Crippen molar-refractivity contribution < 1.29 is 4.74 Å².